The number of para-hydroxylation sites is 1. The van der Waals surface area contributed by atoms with Gasteiger partial charge in [0.15, 0.2) is 0 Å². The molecule has 3 aromatic rings. The quantitative estimate of drug-likeness (QED) is 0.132. The Morgan fingerprint density at radius 2 is 1.47 bits per heavy atom. The molecule has 2 heterocycles. The maximum absolute atomic E-state index is 8.89. The zero-order valence-corrected chi connectivity index (χ0v) is 25.5. The summed E-state index contributed by atoms with van der Waals surface area (Å²) >= 11 is 0. The molecule has 1 saturated heterocycles. The van der Waals surface area contributed by atoms with Gasteiger partial charge in [0, 0.05) is 37.8 Å². The first-order valence-electron chi connectivity index (χ1n) is 15.1. The first-order valence-corrected chi connectivity index (χ1v) is 15.1. The molecule has 0 bridgehead atoms. The van der Waals surface area contributed by atoms with Crippen LogP contribution in [0.1, 0.15) is 37.8 Å². The first-order chi connectivity index (χ1) is 21.1. The van der Waals surface area contributed by atoms with E-state index in [2.05, 4.69) is 20.2 Å². The minimum atomic E-state index is 0.226. The molecule has 11 heteroatoms. The average molecular weight is 594 g/mol. The fourth-order valence-electron chi connectivity index (χ4n) is 4.53. The van der Waals surface area contributed by atoms with Gasteiger partial charge in [0.1, 0.15) is 29.5 Å². The highest BCUT2D eigenvalue weighted by Gasteiger charge is 2.23. The molecule has 1 aliphatic rings. The zero-order chi connectivity index (χ0) is 30.7. The molecule has 43 heavy (non-hydrogen) atoms. The molecule has 0 amide bonds. The number of hydrogen-bond acceptors (Lipinski definition) is 11. The standard InChI is InChI=1S/C30H41N7O4.C2H6/c31-12-16-38-18-20-40-21-19-39-17-15-37-13-10-24(11-14-37)36-30-27(29(33)34-22-35-30)28(32)23-6-8-26(9-7-23)41-25-4-2-1-3-5-25;1-2/h1-9,22,24,32H,10-21,31H2,(H3,33,34,35,36);1-2H3. The van der Waals surface area contributed by atoms with Gasteiger partial charge < -0.3 is 40.6 Å². The van der Waals surface area contributed by atoms with E-state index in [0.717, 1.165) is 38.2 Å². The molecule has 2 aromatic carbocycles. The molecule has 0 radical (unpaired) electrons. The van der Waals surface area contributed by atoms with Gasteiger partial charge in [-0.15, -0.1) is 0 Å². The van der Waals surface area contributed by atoms with E-state index in [4.69, 9.17) is 35.8 Å². The van der Waals surface area contributed by atoms with Gasteiger partial charge in [-0.2, -0.15) is 0 Å². The average Bonchev–Trinajstić information content (AvgIpc) is 3.04. The molecule has 4 rings (SSSR count). The maximum Gasteiger partial charge on any atom is 0.141 e. The van der Waals surface area contributed by atoms with Gasteiger partial charge in [0.2, 0.25) is 0 Å². The van der Waals surface area contributed by atoms with Gasteiger partial charge in [0.05, 0.1) is 50.9 Å². The largest absolute Gasteiger partial charge is 0.457 e. The second-order valence-corrected chi connectivity index (χ2v) is 9.68. The summed E-state index contributed by atoms with van der Waals surface area (Å²) < 4.78 is 22.3. The molecule has 0 spiro atoms. The lowest BCUT2D eigenvalue weighted by Crippen LogP contribution is -2.41. The first kappa shape index (κ1) is 33.9. The third kappa shape index (κ3) is 11.5. The number of nitrogens with one attached hydrogen (secondary N) is 2. The molecule has 0 aliphatic carbocycles. The number of ether oxygens (including phenoxy) is 4. The Hall–Kier alpha value is -3.61. The van der Waals surface area contributed by atoms with Crippen LogP contribution in [0.2, 0.25) is 0 Å². The predicted molar refractivity (Wildman–Crippen MR) is 171 cm³/mol. The summed E-state index contributed by atoms with van der Waals surface area (Å²) in [7, 11) is 0. The summed E-state index contributed by atoms with van der Waals surface area (Å²) in [5.41, 5.74) is 13.1. The Labute approximate surface area is 255 Å². The molecule has 0 saturated carbocycles. The van der Waals surface area contributed by atoms with Crippen LogP contribution in [0, 0.1) is 5.41 Å². The van der Waals surface area contributed by atoms with Crippen molar-refractivity contribution in [3.8, 4) is 11.5 Å². The predicted octanol–water partition coefficient (Wildman–Crippen LogP) is 4.18. The Bertz CT molecular complexity index is 1190. The van der Waals surface area contributed by atoms with Crippen LogP contribution in [0.25, 0.3) is 0 Å². The number of aromatic nitrogens is 2. The SMILES string of the molecule is CC.N=C(c1ccc(Oc2ccccc2)cc1)c1c(N)ncnc1NC1CCN(CCOCCOCCOCCN)CC1. The van der Waals surface area contributed by atoms with Crippen LogP contribution in [0.15, 0.2) is 60.9 Å². The van der Waals surface area contributed by atoms with Gasteiger partial charge in [-0.25, -0.2) is 9.97 Å². The van der Waals surface area contributed by atoms with Crippen LogP contribution >= 0.6 is 0 Å². The van der Waals surface area contributed by atoms with E-state index in [-0.39, 0.29) is 17.6 Å². The molecular weight excluding hydrogens is 546 g/mol. The van der Waals surface area contributed by atoms with Crippen molar-refractivity contribution in [2.75, 3.05) is 76.9 Å². The highest BCUT2D eigenvalue weighted by Crippen LogP contribution is 2.26. The molecule has 6 N–H and O–H groups in total. The van der Waals surface area contributed by atoms with Crippen LogP contribution in [-0.4, -0.2) is 92.4 Å². The highest BCUT2D eigenvalue weighted by atomic mass is 16.5. The van der Waals surface area contributed by atoms with Crippen molar-refractivity contribution < 1.29 is 18.9 Å². The van der Waals surface area contributed by atoms with Crippen molar-refractivity contribution in [2.45, 2.75) is 32.7 Å². The molecule has 0 unspecified atom stereocenters. The zero-order valence-electron chi connectivity index (χ0n) is 25.5. The van der Waals surface area contributed by atoms with Crippen LogP contribution < -0.4 is 21.5 Å². The number of nitrogen functional groups attached to an aromatic ring is 1. The smallest absolute Gasteiger partial charge is 0.141 e. The van der Waals surface area contributed by atoms with Crippen molar-refractivity contribution in [3.63, 3.8) is 0 Å². The number of rotatable bonds is 17. The second kappa shape index (κ2) is 19.6. The van der Waals surface area contributed by atoms with E-state index in [1.165, 1.54) is 6.33 Å². The highest BCUT2D eigenvalue weighted by molar-refractivity contribution is 6.16. The summed E-state index contributed by atoms with van der Waals surface area (Å²) in [5, 5.41) is 12.4. The van der Waals surface area contributed by atoms with Gasteiger partial charge >= 0.3 is 0 Å². The lowest BCUT2D eigenvalue weighted by atomic mass is 10.0. The summed E-state index contributed by atoms with van der Waals surface area (Å²) in [6.07, 6.45) is 3.34. The number of nitrogens with two attached hydrogens (primary N) is 2. The van der Waals surface area contributed by atoms with Crippen LogP contribution in [0.4, 0.5) is 11.6 Å². The summed E-state index contributed by atoms with van der Waals surface area (Å²) in [5.74, 6) is 2.31. The van der Waals surface area contributed by atoms with Crippen molar-refractivity contribution in [3.05, 3.63) is 72.1 Å². The number of benzene rings is 2. The third-order valence-electron chi connectivity index (χ3n) is 6.73. The lowest BCUT2D eigenvalue weighted by molar-refractivity contribution is 0.0109. The minimum absolute atomic E-state index is 0.226. The van der Waals surface area contributed by atoms with Crippen LogP contribution in [0.3, 0.4) is 0 Å². The summed E-state index contributed by atoms with van der Waals surface area (Å²) in [6.45, 7) is 10.8. The van der Waals surface area contributed by atoms with Gasteiger partial charge in [-0.05, 0) is 49.2 Å². The number of piperidine rings is 1. The van der Waals surface area contributed by atoms with E-state index in [1.54, 1.807) is 0 Å². The fourth-order valence-corrected chi connectivity index (χ4v) is 4.53. The Balaban J connectivity index is 0.00000248. The Kier molecular flexibility index (Phi) is 15.4. The van der Waals surface area contributed by atoms with E-state index in [0.29, 0.717) is 68.9 Å². The molecule has 11 nitrogen and oxygen atoms in total. The maximum atomic E-state index is 8.89. The topological polar surface area (TPSA) is 154 Å². The number of nitrogens with zero attached hydrogens (tertiary/aromatic N) is 3. The minimum Gasteiger partial charge on any atom is -0.457 e. The van der Waals surface area contributed by atoms with Crippen LogP contribution in [0.5, 0.6) is 11.5 Å². The molecule has 234 valence electrons. The molecule has 1 aliphatic heterocycles. The van der Waals surface area contributed by atoms with E-state index < -0.39 is 0 Å². The lowest BCUT2D eigenvalue weighted by Gasteiger charge is -2.32. The fraction of sp³-hybridized carbons (Fsp3) is 0.469. The summed E-state index contributed by atoms with van der Waals surface area (Å²) in [4.78, 5) is 11.0. The van der Waals surface area contributed by atoms with Crippen molar-refractivity contribution >= 4 is 17.3 Å². The van der Waals surface area contributed by atoms with E-state index >= 15 is 0 Å². The molecule has 0 atom stereocenters. The summed E-state index contributed by atoms with van der Waals surface area (Å²) in [6, 6.07) is 17.2. The van der Waals surface area contributed by atoms with Crippen molar-refractivity contribution in [2.24, 2.45) is 5.73 Å². The molecule has 1 aromatic heterocycles. The van der Waals surface area contributed by atoms with Crippen LogP contribution in [-0.2, 0) is 14.2 Å². The Morgan fingerprint density at radius 3 is 2.12 bits per heavy atom. The van der Waals surface area contributed by atoms with E-state index in [1.807, 2.05) is 68.4 Å². The second-order valence-electron chi connectivity index (χ2n) is 9.68. The number of hydrogen-bond donors (Lipinski definition) is 4. The molecular formula is C32H47N7O4. The third-order valence-corrected chi connectivity index (χ3v) is 6.73. The number of likely N-dealkylation sites (tertiary alicyclic amines) is 1. The van der Waals surface area contributed by atoms with Crippen molar-refractivity contribution in [1.82, 2.24) is 14.9 Å². The van der Waals surface area contributed by atoms with Gasteiger partial charge in [0.25, 0.3) is 0 Å². The normalized spacial score (nSPS) is 13.7. The van der Waals surface area contributed by atoms with Gasteiger partial charge in [-0.1, -0.05) is 32.0 Å². The number of anilines is 2. The Morgan fingerprint density at radius 1 is 0.860 bits per heavy atom. The molecule has 1 fully saturated rings. The monoisotopic (exact) mass is 593 g/mol. The van der Waals surface area contributed by atoms with Gasteiger partial charge in [-0.3, -0.25) is 5.41 Å². The van der Waals surface area contributed by atoms with Crippen molar-refractivity contribution in [1.29, 1.82) is 5.41 Å². The van der Waals surface area contributed by atoms with E-state index in [9.17, 15) is 0 Å².